The first-order valence-electron chi connectivity index (χ1n) is 9.50. The molecule has 176 valence electrons. The van der Waals surface area contributed by atoms with Crippen LogP contribution in [-0.2, 0) is 20.6 Å². The zero-order valence-electron chi connectivity index (χ0n) is 17.7. The van der Waals surface area contributed by atoms with E-state index in [2.05, 4.69) is 0 Å². The Morgan fingerprint density at radius 2 is 1.55 bits per heavy atom. The van der Waals surface area contributed by atoms with Crippen LogP contribution in [0, 0.1) is 0 Å². The number of hydrogen-bond donors (Lipinski definition) is 2. The number of aliphatic carboxylic acids is 2. The molecule has 1 amide bonds. The van der Waals surface area contributed by atoms with Crippen molar-refractivity contribution in [3.63, 3.8) is 0 Å². The fraction of sp³-hybridized carbons (Fsp3) is 0.227. The maximum atomic E-state index is 13.1. The van der Waals surface area contributed by atoms with E-state index in [1.54, 1.807) is 12.1 Å². The topological polar surface area (TPSA) is 98.2 Å². The van der Waals surface area contributed by atoms with Crippen molar-refractivity contribution in [2.75, 3.05) is 25.5 Å². The van der Waals surface area contributed by atoms with E-state index in [1.165, 1.54) is 22.7 Å². The standard InChI is InChI=1S/C18H17F3N2OS.C4H4O4/c1-22(2)10-9-17(24)23-13-5-3-4-6-15(13)25-16-8-7-12(11-14(16)23)18(19,20)21;5-3(6)1-2-4(7)8/h3-8,11H,9-10H2,1-2H3;1-2H,(H,5,6)(H,7,8)/b;2-1-. The number of carboxylic acids is 2. The third-order valence-corrected chi connectivity index (χ3v) is 5.37. The first-order chi connectivity index (χ1) is 15.4. The van der Waals surface area contributed by atoms with Crippen LogP contribution in [0.2, 0.25) is 0 Å². The summed E-state index contributed by atoms with van der Waals surface area (Å²) in [5, 5.41) is 15.6. The normalized spacial score (nSPS) is 12.6. The molecule has 0 aliphatic carbocycles. The van der Waals surface area contributed by atoms with Gasteiger partial charge in [0.25, 0.3) is 0 Å². The average molecular weight is 482 g/mol. The van der Waals surface area contributed by atoms with Crippen LogP contribution in [0.1, 0.15) is 12.0 Å². The molecule has 0 radical (unpaired) electrons. The number of carboxylic acid groups (broad SMARTS) is 2. The van der Waals surface area contributed by atoms with Crippen molar-refractivity contribution in [1.82, 2.24) is 4.90 Å². The van der Waals surface area contributed by atoms with E-state index in [0.717, 1.165) is 17.0 Å². The van der Waals surface area contributed by atoms with Gasteiger partial charge in [-0.25, -0.2) is 9.59 Å². The number of amides is 1. The Balaban J connectivity index is 0.000000414. The highest BCUT2D eigenvalue weighted by Crippen LogP contribution is 2.49. The Bertz CT molecular complexity index is 1050. The number of hydrogen-bond acceptors (Lipinski definition) is 5. The summed E-state index contributed by atoms with van der Waals surface area (Å²) in [4.78, 5) is 36.7. The lowest BCUT2D eigenvalue weighted by atomic mass is 10.1. The number of anilines is 2. The van der Waals surface area contributed by atoms with E-state index in [9.17, 15) is 27.6 Å². The van der Waals surface area contributed by atoms with Gasteiger partial charge in [-0.05, 0) is 44.4 Å². The molecule has 0 spiro atoms. The van der Waals surface area contributed by atoms with Gasteiger partial charge in [-0.2, -0.15) is 13.2 Å². The molecule has 0 bridgehead atoms. The van der Waals surface area contributed by atoms with Crippen molar-refractivity contribution in [3.05, 3.63) is 60.2 Å². The average Bonchev–Trinajstić information content (AvgIpc) is 2.73. The van der Waals surface area contributed by atoms with E-state index >= 15 is 0 Å². The third-order valence-electron chi connectivity index (χ3n) is 4.24. The van der Waals surface area contributed by atoms with Crippen molar-refractivity contribution in [3.8, 4) is 0 Å². The Morgan fingerprint density at radius 3 is 2.09 bits per heavy atom. The van der Waals surface area contributed by atoms with Crippen LogP contribution in [0.25, 0.3) is 0 Å². The van der Waals surface area contributed by atoms with Crippen molar-refractivity contribution < 1.29 is 37.8 Å². The van der Waals surface area contributed by atoms with Crippen LogP contribution >= 0.6 is 11.8 Å². The van der Waals surface area contributed by atoms with Crippen LogP contribution in [0.4, 0.5) is 24.5 Å². The molecular formula is C22H21F3N2O5S. The molecule has 7 nitrogen and oxygen atoms in total. The SMILES string of the molecule is CN(C)CCC(=O)N1c2ccccc2Sc2ccc(C(F)(F)F)cc21.O=C(O)/C=C\C(=O)O. The summed E-state index contributed by atoms with van der Waals surface area (Å²) in [6, 6.07) is 10.8. The van der Waals surface area contributed by atoms with E-state index in [4.69, 9.17) is 10.2 Å². The first-order valence-corrected chi connectivity index (χ1v) is 10.3. The molecule has 1 aliphatic rings. The smallest absolute Gasteiger partial charge is 0.416 e. The van der Waals surface area contributed by atoms with E-state index in [1.807, 2.05) is 31.1 Å². The lowest BCUT2D eigenvalue weighted by molar-refractivity contribution is -0.137. The van der Waals surface area contributed by atoms with Gasteiger partial charge in [-0.1, -0.05) is 23.9 Å². The quantitative estimate of drug-likeness (QED) is 0.606. The molecule has 0 aromatic heterocycles. The van der Waals surface area contributed by atoms with Gasteiger partial charge in [0.05, 0.1) is 16.9 Å². The molecule has 2 aromatic rings. The molecule has 0 saturated carbocycles. The summed E-state index contributed by atoms with van der Waals surface area (Å²) in [5.41, 5.74) is 0.169. The second-order valence-electron chi connectivity index (χ2n) is 7.04. The molecule has 0 saturated heterocycles. The maximum absolute atomic E-state index is 13.1. The van der Waals surface area contributed by atoms with Gasteiger partial charge in [0.2, 0.25) is 5.91 Å². The van der Waals surface area contributed by atoms with Crippen LogP contribution < -0.4 is 4.90 Å². The van der Waals surface area contributed by atoms with Crippen LogP contribution in [0.5, 0.6) is 0 Å². The minimum Gasteiger partial charge on any atom is -0.478 e. The fourth-order valence-electron chi connectivity index (χ4n) is 2.77. The molecule has 3 rings (SSSR count). The Hall–Kier alpha value is -3.31. The molecular weight excluding hydrogens is 461 g/mol. The molecule has 0 fully saturated rings. The van der Waals surface area contributed by atoms with Crippen LogP contribution in [-0.4, -0.2) is 53.6 Å². The van der Waals surface area contributed by atoms with E-state index in [-0.39, 0.29) is 12.3 Å². The summed E-state index contributed by atoms with van der Waals surface area (Å²) in [6.07, 6.45) is -3.11. The van der Waals surface area contributed by atoms with Gasteiger partial charge in [0, 0.05) is 34.9 Å². The summed E-state index contributed by atoms with van der Waals surface area (Å²) in [7, 11) is 3.70. The molecule has 0 unspecified atom stereocenters. The van der Waals surface area contributed by atoms with Crippen molar-refractivity contribution in [1.29, 1.82) is 0 Å². The van der Waals surface area contributed by atoms with Gasteiger partial charge in [0.1, 0.15) is 0 Å². The minimum atomic E-state index is -4.45. The molecule has 11 heteroatoms. The van der Waals surface area contributed by atoms with Crippen LogP contribution in [0.3, 0.4) is 0 Å². The summed E-state index contributed by atoms with van der Waals surface area (Å²) in [6.45, 7) is 0.527. The zero-order chi connectivity index (χ0) is 24.8. The fourth-order valence-corrected chi connectivity index (χ4v) is 3.81. The van der Waals surface area contributed by atoms with Crippen LogP contribution in [0.15, 0.2) is 64.4 Å². The highest BCUT2D eigenvalue weighted by molar-refractivity contribution is 7.99. The minimum absolute atomic E-state index is 0.220. The zero-order valence-corrected chi connectivity index (χ0v) is 18.5. The highest BCUT2D eigenvalue weighted by Gasteiger charge is 2.34. The van der Waals surface area contributed by atoms with Gasteiger partial charge in [-0.15, -0.1) is 0 Å². The largest absolute Gasteiger partial charge is 0.478 e. The maximum Gasteiger partial charge on any atom is 0.416 e. The molecule has 2 N–H and O–H groups in total. The van der Waals surface area contributed by atoms with Gasteiger partial charge < -0.3 is 15.1 Å². The van der Waals surface area contributed by atoms with Crippen molar-refractivity contribution in [2.24, 2.45) is 0 Å². The van der Waals surface area contributed by atoms with Crippen molar-refractivity contribution in [2.45, 2.75) is 22.4 Å². The Labute approximate surface area is 192 Å². The van der Waals surface area contributed by atoms with E-state index < -0.39 is 23.7 Å². The third kappa shape index (κ3) is 7.36. The number of alkyl halides is 3. The molecule has 1 heterocycles. The second-order valence-corrected chi connectivity index (χ2v) is 8.13. The number of nitrogens with zero attached hydrogens (tertiary/aromatic N) is 2. The van der Waals surface area contributed by atoms with Gasteiger partial charge in [-0.3, -0.25) is 9.69 Å². The Kier molecular flexibility index (Phi) is 8.66. The number of rotatable bonds is 5. The van der Waals surface area contributed by atoms with E-state index in [0.29, 0.717) is 35.0 Å². The molecule has 0 atom stereocenters. The first kappa shape index (κ1) is 25.9. The summed E-state index contributed by atoms with van der Waals surface area (Å²) < 4.78 is 39.4. The number of halogens is 3. The predicted octanol–water partition coefficient (Wildman–Crippen LogP) is 4.50. The number of carbonyl (C=O) groups excluding carboxylic acids is 1. The van der Waals surface area contributed by atoms with Crippen molar-refractivity contribution >= 4 is 41.0 Å². The second kappa shape index (κ2) is 11.0. The number of fused-ring (bicyclic) bond motifs is 2. The molecule has 2 aromatic carbocycles. The summed E-state index contributed by atoms with van der Waals surface area (Å²) in [5.74, 6) is -2.73. The highest BCUT2D eigenvalue weighted by atomic mass is 32.2. The lowest BCUT2D eigenvalue weighted by Gasteiger charge is -2.32. The monoisotopic (exact) mass is 482 g/mol. The summed E-state index contributed by atoms with van der Waals surface area (Å²) >= 11 is 1.38. The Morgan fingerprint density at radius 1 is 0.970 bits per heavy atom. The number of para-hydroxylation sites is 1. The number of benzene rings is 2. The van der Waals surface area contributed by atoms with Gasteiger partial charge in [0.15, 0.2) is 0 Å². The number of carbonyl (C=O) groups is 3. The predicted molar refractivity (Wildman–Crippen MR) is 117 cm³/mol. The van der Waals surface area contributed by atoms with Gasteiger partial charge >= 0.3 is 18.1 Å². The molecule has 33 heavy (non-hydrogen) atoms. The lowest BCUT2D eigenvalue weighted by Crippen LogP contribution is -2.31. The molecule has 1 aliphatic heterocycles.